The normalized spacial score (nSPS) is 14.4. The molecule has 1 aliphatic carbocycles. The summed E-state index contributed by atoms with van der Waals surface area (Å²) >= 11 is 0. The number of nitrogens with zero attached hydrogens (tertiary/aromatic N) is 2. The SMILES string of the molecule is C[C@@H](C(=O)Nc1cc(C2CC2)[nH]n1)c1cccc(-c2ccc(NC(=O)/C=C/CN(C)C)cc2)c1. The first-order chi connectivity index (χ1) is 16.4. The zero-order chi connectivity index (χ0) is 24.1. The average Bonchev–Trinajstić information content (AvgIpc) is 3.57. The molecule has 1 aromatic heterocycles. The fraction of sp³-hybridized carbons (Fsp3) is 0.296. The summed E-state index contributed by atoms with van der Waals surface area (Å²) in [5.41, 5.74) is 4.77. The molecule has 176 valence electrons. The first kappa shape index (κ1) is 23.4. The van der Waals surface area contributed by atoms with Gasteiger partial charge < -0.3 is 15.5 Å². The van der Waals surface area contributed by atoms with Crippen LogP contribution in [-0.4, -0.2) is 47.6 Å². The van der Waals surface area contributed by atoms with Crippen LogP contribution >= 0.6 is 0 Å². The lowest BCUT2D eigenvalue weighted by molar-refractivity contribution is -0.117. The summed E-state index contributed by atoms with van der Waals surface area (Å²) in [7, 11) is 3.90. The van der Waals surface area contributed by atoms with Crippen LogP contribution in [0, 0.1) is 0 Å². The van der Waals surface area contributed by atoms with E-state index in [-0.39, 0.29) is 17.7 Å². The molecule has 0 unspecified atom stereocenters. The van der Waals surface area contributed by atoms with E-state index in [4.69, 9.17) is 0 Å². The van der Waals surface area contributed by atoms with Crippen LogP contribution in [0.15, 0.2) is 66.7 Å². The summed E-state index contributed by atoms with van der Waals surface area (Å²) < 4.78 is 0. The largest absolute Gasteiger partial charge is 0.323 e. The molecule has 7 heteroatoms. The molecule has 0 saturated heterocycles. The van der Waals surface area contributed by atoms with Gasteiger partial charge in [-0.1, -0.05) is 42.5 Å². The molecular formula is C27H31N5O2. The van der Waals surface area contributed by atoms with Gasteiger partial charge in [-0.2, -0.15) is 5.10 Å². The first-order valence-corrected chi connectivity index (χ1v) is 11.6. The monoisotopic (exact) mass is 457 g/mol. The van der Waals surface area contributed by atoms with Gasteiger partial charge in [-0.15, -0.1) is 0 Å². The van der Waals surface area contributed by atoms with Crippen LogP contribution in [0.2, 0.25) is 0 Å². The van der Waals surface area contributed by atoms with Crippen LogP contribution in [0.4, 0.5) is 11.5 Å². The third-order valence-corrected chi connectivity index (χ3v) is 5.87. The van der Waals surface area contributed by atoms with Crippen LogP contribution in [0.3, 0.4) is 0 Å². The summed E-state index contributed by atoms with van der Waals surface area (Å²) in [6, 6.07) is 17.6. The van der Waals surface area contributed by atoms with Crippen molar-refractivity contribution in [1.29, 1.82) is 0 Å². The Morgan fingerprint density at radius 1 is 1.09 bits per heavy atom. The second-order valence-corrected chi connectivity index (χ2v) is 9.05. The molecule has 4 rings (SSSR count). The number of carbonyl (C=O) groups excluding carboxylic acids is 2. The molecule has 34 heavy (non-hydrogen) atoms. The van der Waals surface area contributed by atoms with E-state index in [1.54, 1.807) is 6.08 Å². The highest BCUT2D eigenvalue weighted by molar-refractivity contribution is 5.99. The van der Waals surface area contributed by atoms with Gasteiger partial charge in [-0.25, -0.2) is 0 Å². The van der Waals surface area contributed by atoms with E-state index < -0.39 is 0 Å². The van der Waals surface area contributed by atoms with Gasteiger partial charge in [0, 0.05) is 36.0 Å². The van der Waals surface area contributed by atoms with E-state index in [1.807, 2.05) is 86.6 Å². The highest BCUT2D eigenvalue weighted by Gasteiger charge is 2.26. The molecule has 3 aromatic rings. The predicted octanol–water partition coefficient (Wildman–Crippen LogP) is 4.75. The van der Waals surface area contributed by atoms with Crippen LogP contribution in [-0.2, 0) is 9.59 Å². The van der Waals surface area contributed by atoms with Crippen molar-refractivity contribution in [2.45, 2.75) is 31.6 Å². The van der Waals surface area contributed by atoms with E-state index >= 15 is 0 Å². The molecule has 1 aliphatic rings. The Hall–Kier alpha value is -3.71. The fourth-order valence-electron chi connectivity index (χ4n) is 3.68. The van der Waals surface area contributed by atoms with Crippen molar-refractivity contribution < 1.29 is 9.59 Å². The summed E-state index contributed by atoms with van der Waals surface area (Å²) in [5, 5.41) is 13.0. The van der Waals surface area contributed by atoms with Crippen molar-refractivity contribution in [2.24, 2.45) is 0 Å². The fourth-order valence-corrected chi connectivity index (χ4v) is 3.68. The summed E-state index contributed by atoms with van der Waals surface area (Å²) in [6.07, 6.45) is 5.73. The Balaban J connectivity index is 1.38. The second kappa shape index (κ2) is 10.5. The smallest absolute Gasteiger partial charge is 0.248 e. The third kappa shape index (κ3) is 6.20. The van der Waals surface area contributed by atoms with Gasteiger partial charge in [0.2, 0.25) is 11.8 Å². The number of aromatic amines is 1. The number of benzene rings is 2. The molecule has 1 heterocycles. The maximum absolute atomic E-state index is 12.8. The van der Waals surface area contributed by atoms with E-state index in [0.717, 1.165) is 28.1 Å². The molecule has 7 nitrogen and oxygen atoms in total. The summed E-state index contributed by atoms with van der Waals surface area (Å²) in [4.78, 5) is 26.8. The Kier molecular flexibility index (Phi) is 7.23. The van der Waals surface area contributed by atoms with Gasteiger partial charge in [-0.05, 0) is 62.7 Å². The Bertz CT molecular complexity index is 1180. The minimum absolute atomic E-state index is 0.0913. The Morgan fingerprint density at radius 3 is 2.56 bits per heavy atom. The standard InChI is InChI=1S/C27H31N5O2/c1-18(27(34)29-25-17-24(30-31-25)20-9-10-20)21-6-4-7-22(16-21)19-11-13-23(14-12-19)28-26(33)8-5-15-32(2)3/h4-8,11-14,16-18,20H,9-10,15H2,1-3H3,(H,28,33)(H2,29,30,31,34)/b8-5+/t18-/m1/s1. The van der Waals surface area contributed by atoms with Crippen molar-refractivity contribution in [2.75, 3.05) is 31.3 Å². The molecule has 0 aliphatic heterocycles. The van der Waals surface area contributed by atoms with Crippen LogP contribution in [0.5, 0.6) is 0 Å². The van der Waals surface area contributed by atoms with Crippen LogP contribution in [0.1, 0.15) is 42.9 Å². The van der Waals surface area contributed by atoms with Gasteiger partial charge in [0.25, 0.3) is 0 Å². The van der Waals surface area contributed by atoms with E-state index in [2.05, 4.69) is 20.8 Å². The van der Waals surface area contributed by atoms with E-state index in [1.165, 1.54) is 12.8 Å². The molecule has 0 bridgehead atoms. The van der Waals surface area contributed by atoms with Gasteiger partial charge in [0.05, 0.1) is 5.92 Å². The van der Waals surface area contributed by atoms with Crippen molar-refractivity contribution >= 4 is 23.3 Å². The zero-order valence-electron chi connectivity index (χ0n) is 19.8. The molecular weight excluding hydrogens is 426 g/mol. The minimum atomic E-state index is -0.325. The average molecular weight is 458 g/mol. The van der Waals surface area contributed by atoms with Gasteiger partial charge >= 0.3 is 0 Å². The number of anilines is 2. The number of H-pyrrole nitrogens is 1. The molecule has 2 aromatic carbocycles. The first-order valence-electron chi connectivity index (χ1n) is 11.6. The molecule has 1 saturated carbocycles. The van der Waals surface area contributed by atoms with Crippen LogP contribution in [0.25, 0.3) is 11.1 Å². The lowest BCUT2D eigenvalue weighted by Crippen LogP contribution is -2.19. The summed E-state index contributed by atoms with van der Waals surface area (Å²) in [5.74, 6) is 0.563. The van der Waals surface area contributed by atoms with Gasteiger partial charge in [0.1, 0.15) is 0 Å². The zero-order valence-corrected chi connectivity index (χ0v) is 19.8. The van der Waals surface area contributed by atoms with E-state index in [9.17, 15) is 9.59 Å². The lowest BCUT2D eigenvalue weighted by atomic mass is 9.95. The number of aromatic nitrogens is 2. The summed E-state index contributed by atoms with van der Waals surface area (Å²) in [6.45, 7) is 2.60. The number of rotatable bonds is 9. The van der Waals surface area contributed by atoms with Crippen molar-refractivity contribution in [1.82, 2.24) is 15.1 Å². The third-order valence-electron chi connectivity index (χ3n) is 5.87. The van der Waals surface area contributed by atoms with Gasteiger partial charge in [0.15, 0.2) is 5.82 Å². The van der Waals surface area contributed by atoms with Crippen LogP contribution < -0.4 is 10.6 Å². The highest BCUT2D eigenvalue weighted by Crippen LogP contribution is 2.39. The maximum atomic E-state index is 12.8. The Labute approximate surface area is 200 Å². The molecule has 1 fully saturated rings. The van der Waals surface area contributed by atoms with Crippen molar-refractivity contribution in [3.05, 3.63) is 78.0 Å². The number of hydrogen-bond donors (Lipinski definition) is 3. The van der Waals surface area contributed by atoms with Crippen molar-refractivity contribution in [3.8, 4) is 11.1 Å². The van der Waals surface area contributed by atoms with E-state index in [0.29, 0.717) is 18.3 Å². The number of carbonyl (C=O) groups is 2. The highest BCUT2D eigenvalue weighted by atomic mass is 16.2. The molecule has 3 N–H and O–H groups in total. The molecule has 0 radical (unpaired) electrons. The predicted molar refractivity (Wildman–Crippen MR) is 136 cm³/mol. The number of hydrogen-bond acceptors (Lipinski definition) is 4. The maximum Gasteiger partial charge on any atom is 0.248 e. The second-order valence-electron chi connectivity index (χ2n) is 9.05. The topological polar surface area (TPSA) is 90.1 Å². The lowest BCUT2D eigenvalue weighted by Gasteiger charge is -2.13. The quantitative estimate of drug-likeness (QED) is 0.405. The van der Waals surface area contributed by atoms with Gasteiger partial charge in [-0.3, -0.25) is 14.7 Å². The Morgan fingerprint density at radius 2 is 1.85 bits per heavy atom. The molecule has 2 amide bonds. The van der Waals surface area contributed by atoms with Crippen molar-refractivity contribution in [3.63, 3.8) is 0 Å². The number of amides is 2. The molecule has 0 spiro atoms. The minimum Gasteiger partial charge on any atom is -0.323 e. The number of likely N-dealkylation sites (N-methyl/N-ethyl adjacent to an activating group) is 1. The number of nitrogens with one attached hydrogen (secondary N) is 3. The molecule has 1 atom stereocenters.